The number of hydrazone groups is 1. The monoisotopic (exact) mass is 352 g/mol. The van der Waals surface area contributed by atoms with Crippen LogP contribution in [0.25, 0.3) is 5.69 Å². The van der Waals surface area contributed by atoms with Gasteiger partial charge in [0.05, 0.1) is 21.9 Å². The molecule has 1 aromatic carbocycles. The average Bonchev–Trinajstić information content (AvgIpc) is 2.77. The van der Waals surface area contributed by atoms with Crippen LogP contribution in [-0.2, 0) is 9.59 Å². The number of carbonyl (C=O) groups is 2. The van der Waals surface area contributed by atoms with E-state index in [1.54, 1.807) is 6.07 Å². The molecule has 0 fully saturated rings. The predicted molar refractivity (Wildman–Crippen MR) is 90.2 cm³/mol. The van der Waals surface area contributed by atoms with E-state index < -0.39 is 11.8 Å². The van der Waals surface area contributed by atoms with Crippen molar-refractivity contribution in [2.45, 2.75) is 13.8 Å². The van der Waals surface area contributed by atoms with Crippen molar-refractivity contribution in [1.82, 2.24) is 9.99 Å². The maximum Gasteiger partial charge on any atom is 0.329 e. The molecular weight excluding hydrogens is 339 g/mol. The van der Waals surface area contributed by atoms with Crippen molar-refractivity contribution in [1.29, 1.82) is 0 Å². The minimum Gasteiger partial charge on any atom is -0.361 e. The predicted octanol–water partition coefficient (Wildman–Crippen LogP) is 2.34. The van der Waals surface area contributed by atoms with E-state index in [1.165, 1.54) is 6.21 Å². The largest absolute Gasteiger partial charge is 0.361 e. The third-order valence-electron chi connectivity index (χ3n) is 3.24. The van der Waals surface area contributed by atoms with Crippen LogP contribution in [0.1, 0.15) is 17.0 Å². The molecule has 0 spiro atoms. The normalized spacial score (nSPS) is 11.0. The van der Waals surface area contributed by atoms with Crippen molar-refractivity contribution >= 4 is 41.2 Å². The highest BCUT2D eigenvalue weighted by Crippen LogP contribution is 2.31. The third kappa shape index (κ3) is 3.55. The number of aromatic nitrogens is 1. The summed E-state index contributed by atoms with van der Waals surface area (Å²) in [7, 11) is 0. The molecule has 0 aliphatic carbocycles. The fourth-order valence-corrected chi connectivity index (χ4v) is 2.55. The molecule has 0 unspecified atom stereocenters. The second-order valence-electron chi connectivity index (χ2n) is 4.80. The van der Waals surface area contributed by atoms with E-state index in [0.717, 1.165) is 22.6 Å². The first kappa shape index (κ1) is 17.1. The van der Waals surface area contributed by atoms with Crippen molar-refractivity contribution in [2.75, 3.05) is 0 Å². The minimum absolute atomic E-state index is 0.446. The molecule has 0 aliphatic rings. The fraction of sp³-hybridized carbons (Fsp3) is 0.133. The number of carbonyl (C=O) groups excluding carboxylic acids is 2. The highest BCUT2D eigenvalue weighted by molar-refractivity contribution is 6.43. The molecule has 0 bridgehead atoms. The Morgan fingerprint density at radius 3 is 2.65 bits per heavy atom. The quantitative estimate of drug-likeness (QED) is 0.504. The van der Waals surface area contributed by atoms with Crippen LogP contribution in [0.5, 0.6) is 0 Å². The molecule has 0 radical (unpaired) electrons. The SMILES string of the molecule is Cc1cc(/C=N\NC(=O)C(N)=O)c(C)n1-c1cccc(Cl)c1Cl. The summed E-state index contributed by atoms with van der Waals surface area (Å²) in [5.41, 5.74) is 10.1. The first-order chi connectivity index (χ1) is 10.8. The van der Waals surface area contributed by atoms with Crippen molar-refractivity contribution in [3.63, 3.8) is 0 Å². The molecule has 0 saturated carbocycles. The van der Waals surface area contributed by atoms with Gasteiger partial charge in [0.1, 0.15) is 0 Å². The van der Waals surface area contributed by atoms with Gasteiger partial charge in [-0.15, -0.1) is 0 Å². The highest BCUT2D eigenvalue weighted by atomic mass is 35.5. The Morgan fingerprint density at radius 2 is 2.00 bits per heavy atom. The van der Waals surface area contributed by atoms with E-state index in [-0.39, 0.29) is 0 Å². The van der Waals surface area contributed by atoms with Gasteiger partial charge in [0.15, 0.2) is 0 Å². The van der Waals surface area contributed by atoms with Crippen molar-refractivity contribution in [3.05, 3.63) is 51.3 Å². The van der Waals surface area contributed by atoms with Gasteiger partial charge in [0, 0.05) is 17.0 Å². The molecule has 2 amide bonds. The number of benzene rings is 1. The second-order valence-corrected chi connectivity index (χ2v) is 5.58. The Morgan fingerprint density at radius 1 is 1.30 bits per heavy atom. The molecule has 0 atom stereocenters. The Hall–Kier alpha value is -2.31. The van der Waals surface area contributed by atoms with Gasteiger partial charge < -0.3 is 10.3 Å². The summed E-state index contributed by atoms with van der Waals surface area (Å²) in [5.74, 6) is -2.08. The first-order valence-corrected chi connectivity index (χ1v) is 7.34. The zero-order chi connectivity index (χ0) is 17.1. The van der Waals surface area contributed by atoms with Gasteiger partial charge in [-0.05, 0) is 32.0 Å². The lowest BCUT2D eigenvalue weighted by Gasteiger charge is -2.12. The number of primary amides is 1. The van der Waals surface area contributed by atoms with E-state index in [9.17, 15) is 9.59 Å². The number of rotatable bonds is 3. The van der Waals surface area contributed by atoms with Crippen molar-refractivity contribution in [3.8, 4) is 5.69 Å². The number of hydrogen-bond donors (Lipinski definition) is 2. The van der Waals surface area contributed by atoms with Crippen LogP contribution in [0.2, 0.25) is 10.0 Å². The first-order valence-electron chi connectivity index (χ1n) is 6.59. The lowest BCUT2D eigenvalue weighted by Crippen LogP contribution is -2.32. The number of amides is 2. The summed E-state index contributed by atoms with van der Waals surface area (Å²) in [6, 6.07) is 7.24. The highest BCUT2D eigenvalue weighted by Gasteiger charge is 2.13. The molecule has 120 valence electrons. The van der Waals surface area contributed by atoms with Gasteiger partial charge >= 0.3 is 11.8 Å². The fourth-order valence-electron chi connectivity index (χ4n) is 2.17. The Kier molecular flexibility index (Phi) is 5.08. The summed E-state index contributed by atoms with van der Waals surface area (Å²) in [6.45, 7) is 3.78. The van der Waals surface area contributed by atoms with Crippen molar-refractivity contribution in [2.24, 2.45) is 10.8 Å². The zero-order valence-corrected chi connectivity index (χ0v) is 13.9. The number of nitrogens with zero attached hydrogens (tertiary/aromatic N) is 2. The molecule has 6 nitrogen and oxygen atoms in total. The summed E-state index contributed by atoms with van der Waals surface area (Å²) in [6.07, 6.45) is 1.43. The number of nitrogens with two attached hydrogens (primary N) is 1. The van der Waals surface area contributed by atoms with Crippen LogP contribution in [0.15, 0.2) is 29.4 Å². The van der Waals surface area contributed by atoms with Gasteiger partial charge in [0.25, 0.3) is 0 Å². The maximum atomic E-state index is 11.1. The number of nitrogens with one attached hydrogen (secondary N) is 1. The summed E-state index contributed by atoms with van der Waals surface area (Å²) in [5, 5.41) is 4.62. The molecule has 0 aliphatic heterocycles. The Labute approximate surface area is 142 Å². The molecule has 8 heteroatoms. The topological polar surface area (TPSA) is 89.5 Å². The van der Waals surface area contributed by atoms with Crippen molar-refractivity contribution < 1.29 is 9.59 Å². The lowest BCUT2D eigenvalue weighted by atomic mass is 10.2. The minimum atomic E-state index is -1.10. The number of aryl methyl sites for hydroxylation is 1. The van der Waals surface area contributed by atoms with E-state index in [1.807, 2.05) is 42.0 Å². The molecule has 23 heavy (non-hydrogen) atoms. The molecule has 2 aromatic rings. The van der Waals surface area contributed by atoms with Gasteiger partial charge in [0.2, 0.25) is 0 Å². The third-order valence-corrected chi connectivity index (χ3v) is 4.04. The smallest absolute Gasteiger partial charge is 0.329 e. The van der Waals surface area contributed by atoms with Gasteiger partial charge in [-0.25, -0.2) is 5.43 Å². The Bertz CT molecular complexity index is 812. The second kappa shape index (κ2) is 6.85. The molecule has 2 rings (SSSR count). The molecule has 1 aromatic heterocycles. The number of halogens is 2. The molecule has 0 saturated heterocycles. The standard InChI is InChI=1S/C15H14Cl2N4O2/c1-8-6-10(7-19-20-15(23)14(18)22)9(2)21(8)12-5-3-4-11(16)13(12)17/h3-7H,1-2H3,(H2,18,22)(H,20,23)/b19-7-. The van der Waals surface area contributed by atoms with Crippen LogP contribution < -0.4 is 11.2 Å². The van der Waals surface area contributed by atoms with Crippen LogP contribution in [-0.4, -0.2) is 22.6 Å². The lowest BCUT2D eigenvalue weighted by molar-refractivity contribution is -0.137. The summed E-state index contributed by atoms with van der Waals surface area (Å²) < 4.78 is 1.92. The van der Waals surface area contributed by atoms with E-state index in [0.29, 0.717) is 10.0 Å². The molecule has 3 N–H and O–H groups in total. The van der Waals surface area contributed by atoms with E-state index in [4.69, 9.17) is 28.9 Å². The zero-order valence-electron chi connectivity index (χ0n) is 12.4. The van der Waals surface area contributed by atoms with Crippen LogP contribution in [0, 0.1) is 13.8 Å². The van der Waals surface area contributed by atoms with Crippen LogP contribution in [0.3, 0.4) is 0 Å². The van der Waals surface area contributed by atoms with Gasteiger partial charge in [-0.3, -0.25) is 9.59 Å². The molecule has 1 heterocycles. The van der Waals surface area contributed by atoms with E-state index >= 15 is 0 Å². The summed E-state index contributed by atoms with van der Waals surface area (Å²) in [4.78, 5) is 21.7. The van der Waals surface area contributed by atoms with E-state index in [2.05, 4.69) is 5.10 Å². The van der Waals surface area contributed by atoms with Crippen LogP contribution in [0.4, 0.5) is 0 Å². The molecular formula is C15H14Cl2N4O2. The average molecular weight is 353 g/mol. The van der Waals surface area contributed by atoms with Gasteiger partial charge in [-0.2, -0.15) is 5.10 Å². The Balaban J connectivity index is 2.37. The maximum absolute atomic E-state index is 11.1. The number of hydrogen-bond acceptors (Lipinski definition) is 3. The summed E-state index contributed by atoms with van der Waals surface area (Å²) >= 11 is 12.3. The van der Waals surface area contributed by atoms with Crippen LogP contribution >= 0.6 is 23.2 Å². The van der Waals surface area contributed by atoms with Gasteiger partial charge in [-0.1, -0.05) is 29.3 Å².